The Balaban J connectivity index is 0.00000225. The molecule has 88 valence electrons. The van der Waals surface area contributed by atoms with Crippen molar-refractivity contribution in [1.29, 1.82) is 0 Å². The maximum absolute atomic E-state index is 11.3. The lowest BCUT2D eigenvalue weighted by Gasteiger charge is -2.06. The fraction of sp³-hybridized carbons (Fsp3) is 0.200. The average molecular weight is 245 g/mol. The van der Waals surface area contributed by atoms with Gasteiger partial charge in [0.2, 0.25) is 0 Å². The molecule has 0 aliphatic carbocycles. The zero-order valence-electron chi connectivity index (χ0n) is 8.94. The van der Waals surface area contributed by atoms with Gasteiger partial charge >= 0.3 is 5.97 Å². The molecule has 0 bridgehead atoms. The summed E-state index contributed by atoms with van der Waals surface area (Å²) in [5.41, 5.74) is 3.42. The molecular formula is C10H13ClN2O3. The molecule has 0 aromatic heterocycles. The van der Waals surface area contributed by atoms with E-state index in [0.29, 0.717) is 11.1 Å². The molecule has 0 heterocycles. The van der Waals surface area contributed by atoms with E-state index in [4.69, 9.17) is 5.84 Å². The van der Waals surface area contributed by atoms with Gasteiger partial charge in [0.05, 0.1) is 12.7 Å². The van der Waals surface area contributed by atoms with Gasteiger partial charge in [-0.1, -0.05) is 6.07 Å². The number of hydrazine groups is 1. The number of nitrogens with one attached hydrogen (secondary N) is 1. The van der Waals surface area contributed by atoms with Crippen molar-refractivity contribution in [3.63, 3.8) is 0 Å². The molecule has 0 spiro atoms. The first-order chi connectivity index (χ1) is 7.10. The van der Waals surface area contributed by atoms with Gasteiger partial charge in [-0.05, 0) is 24.6 Å². The van der Waals surface area contributed by atoms with Crippen LogP contribution in [-0.2, 0) is 4.74 Å². The van der Waals surface area contributed by atoms with Crippen LogP contribution < -0.4 is 11.3 Å². The van der Waals surface area contributed by atoms with Crippen molar-refractivity contribution in [1.82, 2.24) is 5.43 Å². The summed E-state index contributed by atoms with van der Waals surface area (Å²) in [5.74, 6) is 4.07. The zero-order valence-corrected chi connectivity index (χ0v) is 9.76. The second kappa shape index (κ2) is 6.09. The minimum absolute atomic E-state index is 0. The molecule has 0 radical (unpaired) electrons. The Labute approximate surface area is 99.3 Å². The lowest BCUT2D eigenvalue weighted by molar-refractivity contribution is 0.0600. The summed E-state index contributed by atoms with van der Waals surface area (Å²) in [6.45, 7) is 1.76. The maximum Gasteiger partial charge on any atom is 0.338 e. The lowest BCUT2D eigenvalue weighted by Crippen LogP contribution is -2.30. The SMILES string of the molecule is COC(=O)c1cc(C(=O)NN)ccc1C.Cl. The molecule has 0 fully saturated rings. The van der Waals surface area contributed by atoms with Gasteiger partial charge in [0.15, 0.2) is 0 Å². The summed E-state index contributed by atoms with van der Waals surface area (Å²) in [6, 6.07) is 4.70. The van der Waals surface area contributed by atoms with Crippen molar-refractivity contribution in [2.75, 3.05) is 7.11 Å². The van der Waals surface area contributed by atoms with Gasteiger partial charge in [-0.3, -0.25) is 10.2 Å². The Morgan fingerprint density at radius 2 is 2.00 bits per heavy atom. The fourth-order valence-corrected chi connectivity index (χ4v) is 1.18. The van der Waals surface area contributed by atoms with Crippen molar-refractivity contribution >= 4 is 24.3 Å². The number of methoxy groups -OCH3 is 1. The molecule has 0 unspecified atom stereocenters. The predicted octanol–water partition coefficient (Wildman–Crippen LogP) is 0.807. The van der Waals surface area contributed by atoms with E-state index in [1.54, 1.807) is 19.1 Å². The maximum atomic E-state index is 11.3. The zero-order chi connectivity index (χ0) is 11.4. The third kappa shape index (κ3) is 2.95. The molecule has 6 heteroatoms. The highest BCUT2D eigenvalue weighted by Gasteiger charge is 2.12. The third-order valence-corrected chi connectivity index (χ3v) is 2.04. The van der Waals surface area contributed by atoms with E-state index in [-0.39, 0.29) is 12.4 Å². The predicted molar refractivity (Wildman–Crippen MR) is 61.4 cm³/mol. The van der Waals surface area contributed by atoms with Crippen LogP contribution in [0.2, 0.25) is 0 Å². The molecule has 0 saturated carbocycles. The van der Waals surface area contributed by atoms with Crippen LogP contribution in [0.1, 0.15) is 26.3 Å². The molecule has 1 aromatic carbocycles. The van der Waals surface area contributed by atoms with Crippen molar-refractivity contribution in [2.24, 2.45) is 5.84 Å². The van der Waals surface area contributed by atoms with Crippen LogP contribution in [0.5, 0.6) is 0 Å². The highest BCUT2D eigenvalue weighted by Crippen LogP contribution is 2.12. The number of hydrogen-bond acceptors (Lipinski definition) is 4. The molecule has 0 aliphatic rings. The number of nitrogen functional groups attached to an aromatic ring is 1. The van der Waals surface area contributed by atoms with Crippen molar-refractivity contribution in [3.8, 4) is 0 Å². The minimum atomic E-state index is -0.473. The Morgan fingerprint density at radius 3 is 2.50 bits per heavy atom. The number of benzene rings is 1. The molecule has 0 saturated heterocycles. The number of esters is 1. The van der Waals surface area contributed by atoms with Crippen LogP contribution in [0.15, 0.2) is 18.2 Å². The van der Waals surface area contributed by atoms with Crippen LogP contribution >= 0.6 is 12.4 Å². The number of amides is 1. The quantitative estimate of drug-likeness (QED) is 0.349. The number of rotatable bonds is 2. The van der Waals surface area contributed by atoms with E-state index in [1.807, 2.05) is 5.43 Å². The number of ether oxygens (including phenoxy) is 1. The number of nitrogens with two attached hydrogens (primary N) is 1. The van der Waals surface area contributed by atoms with Crippen molar-refractivity contribution < 1.29 is 14.3 Å². The van der Waals surface area contributed by atoms with Crippen LogP contribution in [-0.4, -0.2) is 19.0 Å². The number of carbonyl (C=O) groups is 2. The van der Waals surface area contributed by atoms with E-state index in [1.165, 1.54) is 13.2 Å². The van der Waals surface area contributed by atoms with Gasteiger partial charge in [0.1, 0.15) is 0 Å². The number of hydrogen-bond donors (Lipinski definition) is 2. The van der Waals surface area contributed by atoms with Crippen LogP contribution in [0, 0.1) is 6.92 Å². The van der Waals surface area contributed by atoms with Crippen LogP contribution in [0.4, 0.5) is 0 Å². The van der Waals surface area contributed by atoms with E-state index < -0.39 is 11.9 Å². The average Bonchev–Trinajstić information content (AvgIpc) is 2.27. The molecule has 0 aliphatic heterocycles. The number of carbonyl (C=O) groups excluding carboxylic acids is 2. The minimum Gasteiger partial charge on any atom is -0.465 e. The van der Waals surface area contributed by atoms with Crippen LogP contribution in [0.3, 0.4) is 0 Å². The molecular weight excluding hydrogens is 232 g/mol. The largest absolute Gasteiger partial charge is 0.465 e. The van der Waals surface area contributed by atoms with Gasteiger partial charge < -0.3 is 4.74 Å². The van der Waals surface area contributed by atoms with E-state index in [9.17, 15) is 9.59 Å². The summed E-state index contributed by atoms with van der Waals surface area (Å²) in [4.78, 5) is 22.5. The first-order valence-electron chi connectivity index (χ1n) is 4.30. The highest BCUT2D eigenvalue weighted by molar-refractivity contribution is 5.98. The van der Waals surface area contributed by atoms with Gasteiger partial charge in [-0.2, -0.15) is 0 Å². The number of halogens is 1. The second-order valence-corrected chi connectivity index (χ2v) is 2.99. The van der Waals surface area contributed by atoms with E-state index in [2.05, 4.69) is 4.74 Å². The molecule has 0 atom stereocenters. The standard InChI is InChI=1S/C10H12N2O3.ClH/c1-6-3-4-7(9(13)12-11)5-8(6)10(14)15-2;/h3-5H,11H2,1-2H3,(H,12,13);1H. The molecule has 1 rings (SSSR count). The third-order valence-electron chi connectivity index (χ3n) is 2.04. The van der Waals surface area contributed by atoms with Crippen molar-refractivity contribution in [2.45, 2.75) is 6.92 Å². The summed E-state index contributed by atoms with van der Waals surface area (Å²) in [7, 11) is 1.29. The van der Waals surface area contributed by atoms with E-state index in [0.717, 1.165) is 5.56 Å². The normalized spacial score (nSPS) is 8.94. The molecule has 1 aromatic rings. The van der Waals surface area contributed by atoms with Gasteiger partial charge in [-0.15, -0.1) is 12.4 Å². The van der Waals surface area contributed by atoms with Gasteiger partial charge in [0, 0.05) is 5.56 Å². The first kappa shape index (κ1) is 14.4. The van der Waals surface area contributed by atoms with Crippen LogP contribution in [0.25, 0.3) is 0 Å². The summed E-state index contributed by atoms with van der Waals surface area (Å²) < 4.78 is 4.58. The Hall–Kier alpha value is -1.59. The molecule has 1 amide bonds. The number of aryl methyl sites for hydroxylation is 1. The lowest BCUT2D eigenvalue weighted by atomic mass is 10.0. The first-order valence-corrected chi connectivity index (χ1v) is 4.30. The highest BCUT2D eigenvalue weighted by atomic mass is 35.5. The molecule has 3 N–H and O–H groups in total. The Kier molecular flexibility index (Phi) is 5.49. The molecule has 16 heavy (non-hydrogen) atoms. The summed E-state index contributed by atoms with van der Waals surface area (Å²) in [5, 5.41) is 0. The fourth-order valence-electron chi connectivity index (χ4n) is 1.18. The Morgan fingerprint density at radius 1 is 1.38 bits per heavy atom. The monoisotopic (exact) mass is 244 g/mol. The van der Waals surface area contributed by atoms with Gasteiger partial charge in [-0.25, -0.2) is 10.6 Å². The van der Waals surface area contributed by atoms with Gasteiger partial charge in [0.25, 0.3) is 5.91 Å². The van der Waals surface area contributed by atoms with E-state index >= 15 is 0 Å². The second-order valence-electron chi connectivity index (χ2n) is 2.99. The smallest absolute Gasteiger partial charge is 0.338 e. The topological polar surface area (TPSA) is 81.4 Å². The summed E-state index contributed by atoms with van der Waals surface area (Å²) in [6.07, 6.45) is 0. The summed E-state index contributed by atoms with van der Waals surface area (Å²) >= 11 is 0. The molecule has 5 nitrogen and oxygen atoms in total. The van der Waals surface area contributed by atoms with Crippen molar-refractivity contribution in [3.05, 3.63) is 34.9 Å². The Bertz CT molecular complexity index is 407.